The molecule has 46 heavy (non-hydrogen) atoms. The minimum Gasteiger partial charge on any atom is -0.458 e. The zero-order valence-corrected chi connectivity index (χ0v) is 29.3. The molecule has 0 saturated heterocycles. The molecule has 0 aliphatic carbocycles. The molecule has 0 aliphatic rings. The second-order valence-corrected chi connectivity index (χ2v) is 10.4. The minimum absolute atomic E-state index is 0. The van der Waals surface area contributed by atoms with E-state index in [0.29, 0.717) is 0 Å². The number of hydrogen-bond donors (Lipinski definition) is 2. The Morgan fingerprint density at radius 1 is 0.587 bits per heavy atom. The number of fused-ring (bicyclic) bond motifs is 6. The first-order valence-electron chi connectivity index (χ1n) is 14.1. The average Bonchev–Trinajstić information content (AvgIpc) is 3.84. The number of aromatic amines is 2. The molecule has 0 atom stereocenters. The van der Waals surface area contributed by atoms with Gasteiger partial charge in [0.2, 0.25) is 12.7 Å². The fraction of sp³-hybridized carbons (Fsp3) is 0.105. The first-order chi connectivity index (χ1) is 21.5. The van der Waals surface area contributed by atoms with Gasteiger partial charge in [-0.05, 0) is 48.8 Å². The summed E-state index contributed by atoms with van der Waals surface area (Å²) in [5.41, 5.74) is 7.27. The van der Waals surface area contributed by atoms with E-state index in [0.717, 1.165) is 67.8 Å². The Hall–Kier alpha value is -4.50. The molecule has 0 aliphatic heterocycles. The molecule has 8 heteroatoms. The maximum absolute atomic E-state index is 7.06. The van der Waals surface area contributed by atoms with Gasteiger partial charge in [0, 0.05) is 66.3 Å². The molecule has 6 nitrogen and oxygen atoms in total. The number of H-pyrrole nitrogens is 2. The Labute approximate surface area is 298 Å². The van der Waals surface area contributed by atoms with Gasteiger partial charge in [0.1, 0.15) is 22.3 Å². The van der Waals surface area contributed by atoms with E-state index in [1.807, 2.05) is 121 Å². The van der Waals surface area contributed by atoms with Crippen molar-refractivity contribution in [1.29, 1.82) is 0 Å². The van der Waals surface area contributed by atoms with Crippen LogP contribution in [0.25, 0.3) is 43.9 Å². The van der Waals surface area contributed by atoms with Crippen LogP contribution >= 0.6 is 0 Å². The van der Waals surface area contributed by atoms with Crippen LogP contribution in [-0.2, 0) is 71.7 Å². The largest absolute Gasteiger partial charge is 0.458 e. The summed E-state index contributed by atoms with van der Waals surface area (Å²) in [6.45, 7) is 0. The van der Waals surface area contributed by atoms with Crippen LogP contribution in [0.1, 0.15) is 22.5 Å². The number of nitrogens with one attached hydrogen (secondary N) is 2. The van der Waals surface area contributed by atoms with Gasteiger partial charge in [0.15, 0.2) is 0 Å². The van der Waals surface area contributed by atoms with Crippen molar-refractivity contribution < 1.29 is 62.7 Å². The number of para-hydroxylation sites is 2. The van der Waals surface area contributed by atoms with Gasteiger partial charge in [-0.15, -0.1) is 23.3 Å². The molecule has 0 bridgehead atoms. The Balaban J connectivity index is 0.000000153. The van der Waals surface area contributed by atoms with E-state index in [4.69, 9.17) is 21.7 Å². The smallest absolute Gasteiger partial charge is 0.201 e. The van der Waals surface area contributed by atoms with Gasteiger partial charge < -0.3 is 40.8 Å². The molecule has 2 radical (unpaired) electrons. The second kappa shape index (κ2) is 15.7. The number of furan rings is 2. The van der Waals surface area contributed by atoms with Crippen molar-refractivity contribution >= 4 is 43.9 Å². The quantitative estimate of drug-likeness (QED) is 0.0931. The minimum atomic E-state index is 0. The number of rotatable bonds is 3. The Bertz CT molecular complexity index is 2150. The number of aryl methyl sites for hydroxylation is 4. The third-order valence-corrected chi connectivity index (χ3v) is 7.19. The van der Waals surface area contributed by atoms with Crippen molar-refractivity contribution in [2.75, 3.05) is 0 Å². The summed E-state index contributed by atoms with van der Waals surface area (Å²) >= 11 is 0. The van der Waals surface area contributed by atoms with Crippen LogP contribution in [0.4, 0.5) is 0 Å². The van der Waals surface area contributed by atoms with Gasteiger partial charge in [-0.2, -0.15) is 0 Å². The number of imidazole rings is 2. The molecule has 0 saturated carbocycles. The van der Waals surface area contributed by atoms with Gasteiger partial charge in [-0.1, -0.05) is 60.7 Å². The Morgan fingerprint density at radius 2 is 0.978 bits per heavy atom. The third-order valence-electron chi connectivity index (χ3n) is 7.19. The molecule has 0 amide bonds. The summed E-state index contributed by atoms with van der Waals surface area (Å²) in [7, 11) is 3.92. The van der Waals surface area contributed by atoms with Crippen LogP contribution in [0.3, 0.4) is 0 Å². The number of hydrogen-bond acceptors (Lipinski definition) is 2. The molecular weight excluding hydrogens is 938 g/mol. The molecule has 4 aromatic carbocycles. The van der Waals surface area contributed by atoms with Gasteiger partial charge in [-0.3, -0.25) is 11.8 Å². The van der Waals surface area contributed by atoms with Crippen LogP contribution in [0.5, 0.6) is 0 Å². The molecule has 4 heterocycles. The summed E-state index contributed by atoms with van der Waals surface area (Å²) in [5, 5.41) is 4.40. The molecule has 236 valence electrons. The number of aromatic nitrogens is 4. The fourth-order valence-corrected chi connectivity index (χ4v) is 5.05. The number of nitrogens with zero attached hydrogens (tertiary/aromatic N) is 2. The number of benzene rings is 4. The molecule has 4 aromatic heterocycles. The zero-order chi connectivity index (χ0) is 30.5. The van der Waals surface area contributed by atoms with Crippen molar-refractivity contribution in [3.05, 3.63) is 145 Å². The van der Waals surface area contributed by atoms with Crippen LogP contribution in [-0.4, -0.2) is 9.97 Å². The molecule has 0 fully saturated rings. The van der Waals surface area contributed by atoms with Crippen LogP contribution in [0.15, 0.2) is 106 Å². The van der Waals surface area contributed by atoms with Crippen molar-refractivity contribution in [2.45, 2.75) is 12.8 Å². The summed E-state index contributed by atoms with van der Waals surface area (Å²) in [6, 6.07) is 27.2. The van der Waals surface area contributed by atoms with Crippen molar-refractivity contribution in [2.24, 2.45) is 14.1 Å². The first kappa shape index (κ1) is 34.4. The molecule has 2 N–H and O–H groups in total. The molecule has 8 rings (SSSR count). The predicted molar refractivity (Wildman–Crippen MR) is 169 cm³/mol. The van der Waals surface area contributed by atoms with E-state index < -0.39 is 0 Å². The SMILES string of the molecule is C[n+]1[c-][nH]c(CCc2c[n+](C)[c-][nH]2)c1.[Au].[Au].[C-]#Cc1ccc2c(c1)oc1ccccc12.[C-]#Cc1ccc2c(c1)oc1ccccc12. The second-order valence-electron chi connectivity index (χ2n) is 10.4. The average molecular weight is 967 g/mol. The van der Waals surface area contributed by atoms with Crippen molar-refractivity contribution in [3.8, 4) is 11.8 Å². The van der Waals surface area contributed by atoms with Crippen LogP contribution < -0.4 is 9.13 Å². The van der Waals surface area contributed by atoms with E-state index >= 15 is 0 Å². The van der Waals surface area contributed by atoms with Gasteiger partial charge >= 0.3 is 0 Å². The molecule has 0 unspecified atom stereocenters. The van der Waals surface area contributed by atoms with E-state index in [1.165, 1.54) is 11.4 Å². The predicted octanol–water partition coefficient (Wildman–Crippen LogP) is 6.42. The van der Waals surface area contributed by atoms with Gasteiger partial charge in [-0.25, -0.2) is 0 Å². The molecule has 0 spiro atoms. The Morgan fingerprint density at radius 3 is 1.35 bits per heavy atom. The van der Waals surface area contributed by atoms with Crippen molar-refractivity contribution in [1.82, 2.24) is 9.97 Å². The van der Waals surface area contributed by atoms with E-state index in [2.05, 4.69) is 34.5 Å². The normalized spacial score (nSPS) is 10.2. The summed E-state index contributed by atoms with van der Waals surface area (Å²) in [6.07, 6.45) is 26.2. The van der Waals surface area contributed by atoms with E-state index in [-0.39, 0.29) is 44.8 Å². The van der Waals surface area contributed by atoms with Crippen LogP contribution in [0, 0.1) is 37.3 Å². The maximum Gasteiger partial charge on any atom is 0.201 e. The topological polar surface area (TPSA) is 65.6 Å². The summed E-state index contributed by atoms with van der Waals surface area (Å²) in [4.78, 5) is 6.18. The standard InChI is InChI=1S/2C14H7O.C10H14N4.2Au/c2*1-2-10-7-8-12-11-5-3-4-6-13(11)15-14(12)9-10;1-13-5-9(11-7-13)3-4-10-6-14(2)8-12-10;;/h2*3-9H;5-6,11-12H,3-4H2,1-2H3;;/q2*-1;;;. The van der Waals surface area contributed by atoms with Gasteiger partial charge in [0.05, 0.1) is 14.1 Å². The fourth-order valence-electron chi connectivity index (χ4n) is 5.05. The third kappa shape index (κ3) is 7.83. The first-order valence-corrected chi connectivity index (χ1v) is 14.1. The maximum atomic E-state index is 7.06. The Kier molecular flexibility index (Phi) is 11.7. The van der Waals surface area contributed by atoms with Crippen molar-refractivity contribution in [3.63, 3.8) is 0 Å². The summed E-state index contributed by atoms with van der Waals surface area (Å²) < 4.78 is 15.1. The van der Waals surface area contributed by atoms with E-state index in [1.54, 1.807) is 0 Å². The monoisotopic (exact) mass is 966 g/mol. The van der Waals surface area contributed by atoms with E-state index in [9.17, 15) is 0 Å². The van der Waals surface area contributed by atoms with Gasteiger partial charge in [0.25, 0.3) is 0 Å². The summed E-state index contributed by atoms with van der Waals surface area (Å²) in [5.74, 6) is 4.71. The van der Waals surface area contributed by atoms with Crippen LogP contribution in [0.2, 0.25) is 0 Å². The molecule has 8 aromatic rings. The molecular formula is C38H28Au2N4O2-2. The zero-order valence-electron chi connectivity index (χ0n) is 25.0.